The third-order valence-electron chi connectivity index (χ3n) is 4.07. The van der Waals surface area contributed by atoms with E-state index in [0.29, 0.717) is 32.1 Å². The molecule has 0 aliphatic heterocycles. The summed E-state index contributed by atoms with van der Waals surface area (Å²) in [7, 11) is 0. The number of carbonyl (C=O) groups excluding carboxylic acids is 1. The number of hydrogen-bond donors (Lipinski definition) is 3. The van der Waals surface area contributed by atoms with Crippen LogP contribution in [0.1, 0.15) is 39.7 Å². The number of benzene rings is 1. The Kier molecular flexibility index (Phi) is 9.10. The van der Waals surface area contributed by atoms with E-state index in [1.165, 1.54) is 17.0 Å². The van der Waals surface area contributed by atoms with Gasteiger partial charge >= 0.3 is 6.18 Å². The summed E-state index contributed by atoms with van der Waals surface area (Å²) in [6, 6.07) is 4.13. The number of guanidine groups is 1. The number of aryl methyl sites for hydroxylation is 1. The highest BCUT2D eigenvalue weighted by atomic mass is 32.1. The van der Waals surface area contributed by atoms with Gasteiger partial charge < -0.3 is 16.0 Å². The second kappa shape index (κ2) is 11.5. The van der Waals surface area contributed by atoms with E-state index >= 15 is 0 Å². The van der Waals surface area contributed by atoms with Gasteiger partial charge in [-0.25, -0.2) is 4.98 Å². The van der Waals surface area contributed by atoms with Crippen LogP contribution in [0, 0.1) is 0 Å². The van der Waals surface area contributed by atoms with Gasteiger partial charge in [-0.1, -0.05) is 6.92 Å². The first-order valence-corrected chi connectivity index (χ1v) is 10.6. The van der Waals surface area contributed by atoms with E-state index in [-0.39, 0.29) is 5.56 Å². The Bertz CT molecular complexity index is 834. The normalized spacial score (nSPS) is 12.0. The van der Waals surface area contributed by atoms with Gasteiger partial charge in [-0.05, 0) is 37.6 Å². The van der Waals surface area contributed by atoms with Crippen LogP contribution in [0.5, 0.6) is 0 Å². The van der Waals surface area contributed by atoms with Crippen LogP contribution in [0.4, 0.5) is 13.2 Å². The topological polar surface area (TPSA) is 78.4 Å². The number of nitrogens with zero attached hydrogens (tertiary/aromatic N) is 2. The molecule has 0 aliphatic carbocycles. The highest BCUT2D eigenvalue weighted by molar-refractivity contribution is 7.11. The fraction of sp³-hybridized carbons (Fsp3) is 0.450. The third-order valence-corrected chi connectivity index (χ3v) is 5.27. The SMILES string of the molecule is CCNC(=NCCc1ncc(CC)s1)NCCNC(=O)c1ccc(C(F)(F)F)cc1. The zero-order chi connectivity index (χ0) is 22.0. The van der Waals surface area contributed by atoms with Gasteiger partial charge in [-0.3, -0.25) is 9.79 Å². The van der Waals surface area contributed by atoms with Crippen LogP contribution in [0.2, 0.25) is 0 Å². The van der Waals surface area contributed by atoms with E-state index in [2.05, 4.69) is 32.9 Å². The molecule has 2 aromatic rings. The molecule has 0 spiro atoms. The van der Waals surface area contributed by atoms with Crippen LogP contribution in [0.25, 0.3) is 0 Å². The molecule has 0 saturated carbocycles. The van der Waals surface area contributed by atoms with Crippen molar-refractivity contribution in [1.29, 1.82) is 0 Å². The summed E-state index contributed by atoms with van der Waals surface area (Å²) in [4.78, 5) is 22.2. The number of halogens is 3. The lowest BCUT2D eigenvalue weighted by molar-refractivity contribution is -0.137. The Hall–Kier alpha value is -2.62. The number of nitrogens with one attached hydrogen (secondary N) is 3. The van der Waals surface area contributed by atoms with Crippen LogP contribution >= 0.6 is 11.3 Å². The van der Waals surface area contributed by atoms with Crippen LogP contribution in [0.3, 0.4) is 0 Å². The minimum Gasteiger partial charge on any atom is -0.357 e. The Balaban J connectivity index is 1.76. The van der Waals surface area contributed by atoms with Crippen LogP contribution in [-0.2, 0) is 19.0 Å². The van der Waals surface area contributed by atoms with E-state index in [9.17, 15) is 18.0 Å². The number of hydrogen-bond acceptors (Lipinski definition) is 4. The highest BCUT2D eigenvalue weighted by Crippen LogP contribution is 2.29. The number of aliphatic imine (C=N–C) groups is 1. The maximum Gasteiger partial charge on any atom is 0.416 e. The molecular weight excluding hydrogens is 415 g/mol. The molecule has 30 heavy (non-hydrogen) atoms. The molecule has 0 saturated heterocycles. The summed E-state index contributed by atoms with van der Waals surface area (Å²) in [6.07, 6.45) is -0.791. The van der Waals surface area contributed by atoms with Gasteiger partial charge in [0.15, 0.2) is 5.96 Å². The van der Waals surface area contributed by atoms with Gasteiger partial charge in [-0.2, -0.15) is 13.2 Å². The summed E-state index contributed by atoms with van der Waals surface area (Å²) in [5.74, 6) is 0.205. The van der Waals surface area contributed by atoms with Crippen LogP contribution in [0.15, 0.2) is 35.5 Å². The number of thiazole rings is 1. The van der Waals surface area contributed by atoms with Gasteiger partial charge in [0.1, 0.15) is 0 Å². The van der Waals surface area contributed by atoms with Gasteiger partial charge in [0, 0.05) is 49.2 Å². The average molecular weight is 442 g/mol. The predicted octanol–water partition coefficient (Wildman–Crippen LogP) is 3.25. The lowest BCUT2D eigenvalue weighted by atomic mass is 10.1. The maximum atomic E-state index is 12.6. The average Bonchev–Trinajstić information content (AvgIpc) is 3.18. The predicted molar refractivity (Wildman–Crippen MR) is 113 cm³/mol. The molecule has 1 heterocycles. The zero-order valence-corrected chi connectivity index (χ0v) is 17.8. The molecule has 0 fully saturated rings. The van der Waals surface area contributed by atoms with Gasteiger partial charge in [-0.15, -0.1) is 11.3 Å². The molecule has 3 N–H and O–H groups in total. The Morgan fingerprint density at radius 2 is 1.80 bits per heavy atom. The molecule has 10 heteroatoms. The molecule has 1 aromatic carbocycles. The first kappa shape index (κ1) is 23.7. The fourth-order valence-corrected chi connectivity index (χ4v) is 3.35. The summed E-state index contributed by atoms with van der Waals surface area (Å²) in [5.41, 5.74) is -0.602. The molecule has 6 nitrogen and oxygen atoms in total. The van der Waals surface area contributed by atoms with Crippen molar-refractivity contribution < 1.29 is 18.0 Å². The van der Waals surface area contributed by atoms with Crippen LogP contribution < -0.4 is 16.0 Å². The van der Waals surface area contributed by atoms with Crippen molar-refractivity contribution in [3.05, 3.63) is 51.5 Å². The van der Waals surface area contributed by atoms with Crippen molar-refractivity contribution >= 4 is 23.2 Å². The van der Waals surface area contributed by atoms with E-state index in [0.717, 1.165) is 30.0 Å². The molecular formula is C20H26F3N5OS. The van der Waals surface area contributed by atoms with Crippen molar-refractivity contribution in [2.75, 3.05) is 26.2 Å². The standard InChI is InChI=1S/C20H26F3N5OS/c1-3-16-13-28-17(30-16)9-10-26-19(24-4-2)27-12-11-25-18(29)14-5-7-15(8-6-14)20(21,22)23/h5-8,13H,3-4,9-12H2,1-2H3,(H,25,29)(H2,24,26,27). The molecule has 0 atom stereocenters. The number of amides is 1. The zero-order valence-electron chi connectivity index (χ0n) is 17.0. The van der Waals surface area contributed by atoms with E-state index < -0.39 is 17.6 Å². The van der Waals surface area contributed by atoms with E-state index in [4.69, 9.17) is 0 Å². The number of carbonyl (C=O) groups is 1. The molecule has 164 valence electrons. The molecule has 1 aromatic heterocycles. The number of alkyl halides is 3. The number of rotatable bonds is 9. The Labute approximate surface area is 178 Å². The van der Waals surface area contributed by atoms with E-state index in [1.54, 1.807) is 11.3 Å². The second-order valence-corrected chi connectivity index (χ2v) is 7.54. The lowest BCUT2D eigenvalue weighted by Gasteiger charge is -2.12. The first-order chi connectivity index (χ1) is 14.3. The van der Waals surface area contributed by atoms with Crippen molar-refractivity contribution in [1.82, 2.24) is 20.9 Å². The number of aromatic nitrogens is 1. The third kappa shape index (κ3) is 7.66. The summed E-state index contributed by atoms with van der Waals surface area (Å²) < 4.78 is 37.7. The molecule has 1 amide bonds. The minimum atomic E-state index is -4.42. The van der Waals surface area contributed by atoms with Crippen molar-refractivity contribution in [3.8, 4) is 0 Å². The molecule has 0 radical (unpaired) electrons. The largest absolute Gasteiger partial charge is 0.416 e. The minimum absolute atomic E-state index is 0.179. The van der Waals surface area contributed by atoms with Gasteiger partial charge in [0.05, 0.1) is 10.6 Å². The summed E-state index contributed by atoms with van der Waals surface area (Å²) in [5, 5.41) is 9.97. The quantitative estimate of drug-likeness (QED) is 0.317. The maximum absolute atomic E-state index is 12.6. The molecule has 0 unspecified atom stereocenters. The molecule has 0 bridgehead atoms. The van der Waals surface area contributed by atoms with Gasteiger partial charge in [0.2, 0.25) is 0 Å². The summed E-state index contributed by atoms with van der Waals surface area (Å²) >= 11 is 1.69. The lowest BCUT2D eigenvalue weighted by Crippen LogP contribution is -2.41. The highest BCUT2D eigenvalue weighted by Gasteiger charge is 2.30. The smallest absolute Gasteiger partial charge is 0.357 e. The van der Waals surface area contributed by atoms with Crippen molar-refractivity contribution in [3.63, 3.8) is 0 Å². The van der Waals surface area contributed by atoms with E-state index in [1.807, 2.05) is 13.1 Å². The van der Waals surface area contributed by atoms with Gasteiger partial charge in [0.25, 0.3) is 5.91 Å². The monoisotopic (exact) mass is 441 g/mol. The van der Waals surface area contributed by atoms with Crippen molar-refractivity contribution in [2.45, 2.75) is 32.9 Å². The second-order valence-electron chi connectivity index (χ2n) is 6.34. The fourth-order valence-electron chi connectivity index (χ4n) is 2.50. The van der Waals surface area contributed by atoms with Crippen LogP contribution in [-0.4, -0.2) is 43.0 Å². The Morgan fingerprint density at radius 1 is 1.10 bits per heavy atom. The summed E-state index contributed by atoms with van der Waals surface area (Å²) in [6.45, 7) is 6.06. The first-order valence-electron chi connectivity index (χ1n) is 9.74. The molecule has 2 rings (SSSR count). The Morgan fingerprint density at radius 3 is 2.40 bits per heavy atom. The van der Waals surface area contributed by atoms with Crippen molar-refractivity contribution in [2.24, 2.45) is 4.99 Å². The molecule has 0 aliphatic rings.